The van der Waals surface area contributed by atoms with E-state index in [0.717, 1.165) is 45.3 Å². The van der Waals surface area contributed by atoms with Crippen molar-refractivity contribution >= 4 is 11.9 Å². The number of aliphatic carboxylic acids is 1. The molecule has 108 valence electrons. The third kappa shape index (κ3) is 3.26. The molecule has 2 aliphatic rings. The molecule has 1 aliphatic carbocycles. The molecule has 1 saturated carbocycles. The first-order chi connectivity index (χ1) is 9.13. The van der Waals surface area contributed by atoms with E-state index in [1.54, 1.807) is 0 Å². The molecular weight excluding hydrogens is 244 g/mol. The quantitative estimate of drug-likeness (QED) is 0.796. The summed E-state index contributed by atoms with van der Waals surface area (Å²) in [5.41, 5.74) is 0. The molecule has 0 spiro atoms. The van der Waals surface area contributed by atoms with Gasteiger partial charge in [-0.25, -0.2) is 0 Å². The van der Waals surface area contributed by atoms with Gasteiger partial charge in [0.25, 0.3) is 0 Å². The summed E-state index contributed by atoms with van der Waals surface area (Å²) >= 11 is 0. The van der Waals surface area contributed by atoms with Crippen LogP contribution < -0.4 is 5.32 Å². The van der Waals surface area contributed by atoms with Crippen molar-refractivity contribution in [2.45, 2.75) is 32.1 Å². The second-order valence-corrected chi connectivity index (χ2v) is 5.83. The molecule has 1 amide bonds. The lowest BCUT2D eigenvalue weighted by atomic mass is 9.92. The van der Waals surface area contributed by atoms with Crippen LogP contribution >= 0.6 is 0 Å². The highest BCUT2D eigenvalue weighted by atomic mass is 16.4. The molecule has 5 heteroatoms. The highest BCUT2D eigenvalue weighted by Crippen LogP contribution is 2.34. The largest absolute Gasteiger partial charge is 0.481 e. The molecule has 19 heavy (non-hydrogen) atoms. The monoisotopic (exact) mass is 268 g/mol. The standard InChI is InChI=1S/C14H24N2O3/c1-15-8-10-4-3-7-16(9-10)13(17)11-5-2-6-12(11)14(18)19/h10-12,15H,2-9H2,1H3,(H,18,19)/t10?,11-,12+/m1/s1. The minimum Gasteiger partial charge on any atom is -0.481 e. The Morgan fingerprint density at radius 1 is 1.21 bits per heavy atom. The Bertz CT molecular complexity index is 344. The fourth-order valence-electron chi connectivity index (χ4n) is 3.51. The van der Waals surface area contributed by atoms with Crippen molar-refractivity contribution in [3.63, 3.8) is 0 Å². The smallest absolute Gasteiger partial charge is 0.307 e. The van der Waals surface area contributed by atoms with Gasteiger partial charge in [-0.05, 0) is 45.2 Å². The van der Waals surface area contributed by atoms with Crippen LogP contribution in [0.15, 0.2) is 0 Å². The second-order valence-electron chi connectivity index (χ2n) is 5.83. The van der Waals surface area contributed by atoms with Crippen molar-refractivity contribution in [3.8, 4) is 0 Å². The summed E-state index contributed by atoms with van der Waals surface area (Å²) in [4.78, 5) is 25.6. The number of nitrogens with one attached hydrogen (secondary N) is 1. The molecule has 1 saturated heterocycles. The minimum atomic E-state index is -0.806. The van der Waals surface area contributed by atoms with E-state index in [1.165, 1.54) is 0 Å². The van der Waals surface area contributed by atoms with Crippen LogP contribution in [0.5, 0.6) is 0 Å². The van der Waals surface area contributed by atoms with Gasteiger partial charge in [-0.3, -0.25) is 9.59 Å². The summed E-state index contributed by atoms with van der Waals surface area (Å²) in [6, 6.07) is 0. The summed E-state index contributed by atoms with van der Waals surface area (Å²) in [5.74, 6) is -0.972. The number of rotatable bonds is 4. The molecule has 5 nitrogen and oxygen atoms in total. The number of carbonyl (C=O) groups excluding carboxylic acids is 1. The topological polar surface area (TPSA) is 69.6 Å². The van der Waals surface area contributed by atoms with E-state index in [9.17, 15) is 14.7 Å². The molecule has 2 fully saturated rings. The van der Waals surface area contributed by atoms with E-state index in [2.05, 4.69) is 5.32 Å². The van der Waals surface area contributed by atoms with E-state index in [4.69, 9.17) is 0 Å². The molecule has 1 aliphatic heterocycles. The van der Waals surface area contributed by atoms with E-state index in [-0.39, 0.29) is 11.8 Å². The van der Waals surface area contributed by atoms with Gasteiger partial charge in [-0.1, -0.05) is 6.42 Å². The molecule has 0 aromatic carbocycles. The molecule has 2 N–H and O–H groups in total. The van der Waals surface area contributed by atoms with Crippen molar-refractivity contribution in [1.82, 2.24) is 10.2 Å². The first-order valence-electron chi connectivity index (χ1n) is 7.29. The summed E-state index contributed by atoms with van der Waals surface area (Å²) in [5, 5.41) is 12.3. The number of piperidine rings is 1. The normalized spacial score (nSPS) is 31.4. The van der Waals surface area contributed by atoms with Crippen LogP contribution in [0.25, 0.3) is 0 Å². The number of carboxylic acids is 1. The Labute approximate surface area is 114 Å². The fraction of sp³-hybridized carbons (Fsp3) is 0.857. The fourth-order valence-corrected chi connectivity index (χ4v) is 3.51. The Kier molecular flexibility index (Phi) is 4.80. The van der Waals surface area contributed by atoms with Crippen molar-refractivity contribution in [3.05, 3.63) is 0 Å². The van der Waals surface area contributed by atoms with Crippen LogP contribution in [0.1, 0.15) is 32.1 Å². The Morgan fingerprint density at radius 3 is 2.63 bits per heavy atom. The first kappa shape index (κ1) is 14.3. The Balaban J connectivity index is 1.96. The number of nitrogens with zero attached hydrogens (tertiary/aromatic N) is 1. The number of carbonyl (C=O) groups is 2. The van der Waals surface area contributed by atoms with Gasteiger partial charge in [0.2, 0.25) is 5.91 Å². The van der Waals surface area contributed by atoms with Crippen molar-refractivity contribution < 1.29 is 14.7 Å². The SMILES string of the molecule is CNCC1CCCN(C(=O)[C@@H]2CCC[C@@H]2C(=O)O)C1. The number of likely N-dealkylation sites (tertiary alicyclic amines) is 1. The molecule has 3 atom stereocenters. The van der Waals surface area contributed by atoms with Crippen molar-refractivity contribution in [2.75, 3.05) is 26.7 Å². The molecule has 0 radical (unpaired) electrons. The van der Waals surface area contributed by atoms with Gasteiger partial charge in [0.05, 0.1) is 11.8 Å². The summed E-state index contributed by atoms with van der Waals surface area (Å²) in [6.07, 6.45) is 4.43. The average molecular weight is 268 g/mol. The molecule has 1 heterocycles. The summed E-state index contributed by atoms with van der Waals surface area (Å²) in [6.45, 7) is 2.50. The maximum atomic E-state index is 12.5. The van der Waals surface area contributed by atoms with Crippen LogP contribution in [0, 0.1) is 17.8 Å². The first-order valence-corrected chi connectivity index (χ1v) is 7.29. The highest BCUT2D eigenvalue weighted by Gasteiger charge is 2.40. The lowest BCUT2D eigenvalue weighted by Gasteiger charge is -2.35. The van der Waals surface area contributed by atoms with E-state index in [1.807, 2.05) is 11.9 Å². The molecular formula is C14H24N2O3. The number of carboxylic acid groups (broad SMARTS) is 1. The van der Waals surface area contributed by atoms with E-state index in [0.29, 0.717) is 12.3 Å². The van der Waals surface area contributed by atoms with Crippen molar-refractivity contribution in [2.24, 2.45) is 17.8 Å². The number of amides is 1. The van der Waals surface area contributed by atoms with Crippen LogP contribution in [0.3, 0.4) is 0 Å². The van der Waals surface area contributed by atoms with Crippen LogP contribution in [-0.2, 0) is 9.59 Å². The van der Waals surface area contributed by atoms with Gasteiger partial charge in [0.1, 0.15) is 0 Å². The van der Waals surface area contributed by atoms with E-state index < -0.39 is 11.9 Å². The van der Waals surface area contributed by atoms with Gasteiger partial charge < -0.3 is 15.3 Å². The van der Waals surface area contributed by atoms with Gasteiger partial charge >= 0.3 is 5.97 Å². The third-order valence-corrected chi connectivity index (χ3v) is 4.47. The molecule has 0 bridgehead atoms. The summed E-state index contributed by atoms with van der Waals surface area (Å²) < 4.78 is 0. The maximum Gasteiger partial charge on any atom is 0.307 e. The maximum absolute atomic E-state index is 12.5. The van der Waals surface area contributed by atoms with Crippen LogP contribution in [0.4, 0.5) is 0 Å². The van der Waals surface area contributed by atoms with Gasteiger partial charge in [-0.15, -0.1) is 0 Å². The lowest BCUT2D eigenvalue weighted by Crippen LogP contribution is -2.46. The van der Waals surface area contributed by atoms with Gasteiger partial charge in [-0.2, -0.15) is 0 Å². The lowest BCUT2D eigenvalue weighted by molar-refractivity contribution is -0.149. The molecule has 0 aromatic heterocycles. The zero-order chi connectivity index (χ0) is 13.8. The average Bonchev–Trinajstić information content (AvgIpc) is 2.88. The van der Waals surface area contributed by atoms with Gasteiger partial charge in [0.15, 0.2) is 0 Å². The molecule has 1 unspecified atom stereocenters. The predicted octanol–water partition coefficient (Wildman–Crippen LogP) is 0.945. The molecule has 2 rings (SSSR count). The van der Waals surface area contributed by atoms with Crippen LogP contribution in [-0.4, -0.2) is 48.6 Å². The van der Waals surface area contributed by atoms with Crippen LogP contribution in [0.2, 0.25) is 0 Å². The zero-order valence-electron chi connectivity index (χ0n) is 11.6. The number of hydrogen-bond donors (Lipinski definition) is 2. The van der Waals surface area contributed by atoms with Gasteiger partial charge in [0, 0.05) is 13.1 Å². The van der Waals surface area contributed by atoms with E-state index >= 15 is 0 Å². The predicted molar refractivity (Wildman–Crippen MR) is 71.7 cm³/mol. The Hall–Kier alpha value is -1.10. The zero-order valence-corrected chi connectivity index (χ0v) is 11.6. The van der Waals surface area contributed by atoms with Crippen molar-refractivity contribution in [1.29, 1.82) is 0 Å². The summed E-state index contributed by atoms with van der Waals surface area (Å²) in [7, 11) is 1.93. The highest BCUT2D eigenvalue weighted by molar-refractivity contribution is 5.85. The second kappa shape index (κ2) is 6.37. The molecule has 0 aromatic rings. The minimum absolute atomic E-state index is 0.0747. The number of hydrogen-bond acceptors (Lipinski definition) is 3. The third-order valence-electron chi connectivity index (χ3n) is 4.47. The Morgan fingerprint density at radius 2 is 1.95 bits per heavy atom.